The molecule has 2 bridgehead atoms. The van der Waals surface area contributed by atoms with E-state index in [0.717, 1.165) is 0 Å². The molecule has 2 aliphatic heterocycles. The molecule has 0 saturated carbocycles. The number of piperidine rings is 1. The number of hydrogen-bond donors (Lipinski definition) is 0. The van der Waals surface area contributed by atoms with Gasteiger partial charge < -0.3 is 0 Å². The second-order valence-electron chi connectivity index (χ2n) is 7.58. The van der Waals surface area contributed by atoms with Gasteiger partial charge in [-0.25, -0.2) is 16.8 Å². The van der Waals surface area contributed by atoms with Gasteiger partial charge in [0.25, 0.3) is 0 Å². The molecule has 2 atom stereocenters. The zero-order chi connectivity index (χ0) is 20.1. The summed E-state index contributed by atoms with van der Waals surface area (Å²) >= 11 is 6.04. The number of nitrogens with zero attached hydrogens (tertiary/aromatic N) is 1. The number of halogens is 1. The summed E-state index contributed by atoms with van der Waals surface area (Å²) in [6.45, 7) is 1.75. The van der Waals surface area contributed by atoms with Crippen LogP contribution in [0.3, 0.4) is 0 Å². The van der Waals surface area contributed by atoms with Crippen molar-refractivity contribution in [2.45, 2.75) is 59.7 Å². The Morgan fingerprint density at radius 3 is 2.14 bits per heavy atom. The molecule has 2 fully saturated rings. The van der Waals surface area contributed by atoms with Gasteiger partial charge in [-0.2, -0.15) is 4.31 Å². The molecule has 2 aromatic rings. The van der Waals surface area contributed by atoms with Crippen LogP contribution in [0.25, 0.3) is 0 Å². The van der Waals surface area contributed by atoms with E-state index in [1.54, 1.807) is 53.7 Å². The molecule has 2 unspecified atom stereocenters. The van der Waals surface area contributed by atoms with Crippen LogP contribution in [0.2, 0.25) is 5.02 Å². The van der Waals surface area contributed by atoms with Gasteiger partial charge in [0, 0.05) is 17.1 Å². The summed E-state index contributed by atoms with van der Waals surface area (Å²) in [5.74, 6) is 0. The molecule has 0 N–H and O–H groups in total. The summed E-state index contributed by atoms with van der Waals surface area (Å²) < 4.78 is 54.4. The van der Waals surface area contributed by atoms with Crippen LogP contribution in [0.5, 0.6) is 0 Å². The summed E-state index contributed by atoms with van der Waals surface area (Å²) in [5.41, 5.74) is 0.642. The van der Waals surface area contributed by atoms with Crippen molar-refractivity contribution in [3.63, 3.8) is 0 Å². The van der Waals surface area contributed by atoms with Crippen molar-refractivity contribution in [1.29, 1.82) is 0 Å². The molecule has 4 rings (SSSR count). The van der Waals surface area contributed by atoms with Crippen molar-refractivity contribution in [3.05, 3.63) is 59.1 Å². The van der Waals surface area contributed by atoms with E-state index in [-0.39, 0.29) is 17.0 Å². The van der Waals surface area contributed by atoms with E-state index in [4.69, 9.17) is 11.6 Å². The van der Waals surface area contributed by atoms with Crippen LogP contribution in [0.1, 0.15) is 31.2 Å². The van der Waals surface area contributed by atoms with Crippen LogP contribution in [0.4, 0.5) is 0 Å². The van der Waals surface area contributed by atoms with E-state index in [1.807, 2.05) is 0 Å². The molecule has 150 valence electrons. The normalized spacial score (nSPS) is 25.7. The minimum Gasteiger partial charge on any atom is -0.223 e. The summed E-state index contributed by atoms with van der Waals surface area (Å²) in [6, 6.07) is 12.7. The first-order valence-electron chi connectivity index (χ1n) is 9.30. The fourth-order valence-electron chi connectivity index (χ4n) is 4.50. The Labute approximate surface area is 171 Å². The quantitative estimate of drug-likeness (QED) is 0.726. The molecule has 8 heteroatoms. The van der Waals surface area contributed by atoms with E-state index in [9.17, 15) is 16.8 Å². The minimum atomic E-state index is -3.73. The molecule has 2 aromatic carbocycles. The van der Waals surface area contributed by atoms with Gasteiger partial charge >= 0.3 is 0 Å². The van der Waals surface area contributed by atoms with Gasteiger partial charge in [0.1, 0.15) is 0 Å². The largest absolute Gasteiger partial charge is 0.243 e. The molecular weight excluding hydrogens is 418 g/mol. The maximum Gasteiger partial charge on any atom is 0.243 e. The van der Waals surface area contributed by atoms with Gasteiger partial charge in [-0.15, -0.1) is 0 Å². The SMILES string of the molecule is Cc1ccc(Cl)cc1S(=O)(=O)N1C2CCC1CC(S(=O)(=O)c1ccccc1)C2. The third kappa shape index (κ3) is 3.28. The Morgan fingerprint density at radius 1 is 0.929 bits per heavy atom. The van der Waals surface area contributed by atoms with E-state index >= 15 is 0 Å². The predicted molar refractivity (Wildman–Crippen MR) is 109 cm³/mol. The first-order valence-corrected chi connectivity index (χ1v) is 12.7. The fourth-order valence-corrected chi connectivity index (χ4v) is 8.75. The Morgan fingerprint density at radius 2 is 1.54 bits per heavy atom. The molecule has 5 nitrogen and oxygen atoms in total. The summed E-state index contributed by atoms with van der Waals surface area (Å²) in [4.78, 5) is 0.516. The highest BCUT2D eigenvalue weighted by molar-refractivity contribution is 7.92. The number of sulfone groups is 1. The molecule has 0 aliphatic carbocycles. The molecule has 0 spiro atoms. The second-order valence-corrected chi connectivity index (χ2v) is 12.1. The third-order valence-electron chi connectivity index (χ3n) is 5.84. The van der Waals surface area contributed by atoms with Gasteiger partial charge in [-0.1, -0.05) is 35.9 Å². The molecule has 2 saturated heterocycles. The monoisotopic (exact) mass is 439 g/mol. The van der Waals surface area contributed by atoms with Crippen LogP contribution >= 0.6 is 11.6 Å². The van der Waals surface area contributed by atoms with Gasteiger partial charge in [-0.3, -0.25) is 0 Å². The zero-order valence-electron chi connectivity index (χ0n) is 15.5. The van der Waals surface area contributed by atoms with Crippen LogP contribution < -0.4 is 0 Å². The van der Waals surface area contributed by atoms with Gasteiger partial charge in [0.2, 0.25) is 10.0 Å². The number of fused-ring (bicyclic) bond motifs is 2. The lowest BCUT2D eigenvalue weighted by Crippen LogP contribution is -2.49. The summed E-state index contributed by atoms with van der Waals surface area (Å²) in [6.07, 6.45) is 2.02. The van der Waals surface area contributed by atoms with Gasteiger partial charge in [0.15, 0.2) is 9.84 Å². The summed E-state index contributed by atoms with van der Waals surface area (Å²) in [7, 11) is -7.21. The Kier molecular flexibility index (Phi) is 5.06. The van der Waals surface area contributed by atoms with Crippen molar-refractivity contribution in [2.75, 3.05) is 0 Å². The Hall–Kier alpha value is -1.41. The van der Waals surface area contributed by atoms with E-state index in [1.165, 1.54) is 6.07 Å². The first-order chi connectivity index (χ1) is 13.2. The lowest BCUT2D eigenvalue weighted by atomic mass is 10.1. The van der Waals surface area contributed by atoms with Crippen LogP contribution in [-0.4, -0.2) is 38.5 Å². The third-order valence-corrected chi connectivity index (χ3v) is 10.4. The zero-order valence-corrected chi connectivity index (χ0v) is 17.8. The highest BCUT2D eigenvalue weighted by atomic mass is 35.5. The first kappa shape index (κ1) is 19.9. The fraction of sp³-hybridized carbons (Fsp3) is 0.400. The van der Waals surface area contributed by atoms with Gasteiger partial charge in [-0.05, 0) is 62.4 Å². The number of benzene rings is 2. The molecule has 0 aromatic heterocycles. The van der Waals surface area contributed by atoms with E-state index < -0.39 is 25.1 Å². The molecule has 0 amide bonds. The maximum absolute atomic E-state index is 13.4. The van der Waals surface area contributed by atoms with Crippen molar-refractivity contribution in [2.24, 2.45) is 0 Å². The number of rotatable bonds is 4. The van der Waals surface area contributed by atoms with Crippen LogP contribution in [-0.2, 0) is 19.9 Å². The molecule has 2 aliphatic rings. The van der Waals surface area contributed by atoms with E-state index in [2.05, 4.69) is 0 Å². The molecule has 2 heterocycles. The molecular formula is C20H22ClNO4S2. The topological polar surface area (TPSA) is 71.5 Å². The van der Waals surface area contributed by atoms with Crippen LogP contribution in [0, 0.1) is 6.92 Å². The highest BCUT2D eigenvalue weighted by Crippen LogP contribution is 2.43. The highest BCUT2D eigenvalue weighted by Gasteiger charge is 2.50. The van der Waals surface area contributed by atoms with Crippen molar-refractivity contribution in [3.8, 4) is 0 Å². The van der Waals surface area contributed by atoms with Crippen molar-refractivity contribution in [1.82, 2.24) is 4.31 Å². The Balaban J connectivity index is 1.66. The minimum absolute atomic E-state index is 0.210. The number of aryl methyl sites for hydroxylation is 1. The molecule has 0 radical (unpaired) electrons. The lowest BCUT2D eigenvalue weighted by Gasteiger charge is -2.37. The standard InChI is InChI=1S/C20H22ClNO4S2/c1-14-7-8-15(21)11-20(14)28(25,26)22-16-9-10-17(22)13-19(12-16)27(23,24)18-5-3-2-4-6-18/h2-8,11,16-17,19H,9-10,12-13H2,1H3. The predicted octanol–water partition coefficient (Wildman–Crippen LogP) is 3.81. The smallest absolute Gasteiger partial charge is 0.223 e. The number of sulfonamides is 1. The second kappa shape index (κ2) is 7.13. The van der Waals surface area contributed by atoms with Crippen molar-refractivity contribution < 1.29 is 16.8 Å². The van der Waals surface area contributed by atoms with E-state index in [0.29, 0.717) is 41.2 Å². The molecule has 28 heavy (non-hydrogen) atoms. The Bertz CT molecular complexity index is 1090. The maximum atomic E-state index is 13.4. The lowest BCUT2D eigenvalue weighted by molar-refractivity contribution is 0.249. The number of hydrogen-bond acceptors (Lipinski definition) is 4. The average Bonchev–Trinajstić information content (AvgIpc) is 2.95. The summed E-state index contributed by atoms with van der Waals surface area (Å²) in [5, 5.41) is -0.183. The average molecular weight is 440 g/mol. The van der Waals surface area contributed by atoms with Crippen LogP contribution in [0.15, 0.2) is 58.3 Å². The van der Waals surface area contributed by atoms with Gasteiger partial charge in [0.05, 0.1) is 15.0 Å². The van der Waals surface area contributed by atoms with Crippen molar-refractivity contribution >= 4 is 31.5 Å².